The second-order valence-electron chi connectivity index (χ2n) is 4.74. The Morgan fingerprint density at radius 1 is 1.05 bits per heavy atom. The van der Waals surface area contributed by atoms with Gasteiger partial charge in [0.25, 0.3) is 10.4 Å². The van der Waals surface area contributed by atoms with Crippen molar-refractivity contribution >= 4 is 10.4 Å². The summed E-state index contributed by atoms with van der Waals surface area (Å²) in [5.74, 6) is 0.125. The zero-order valence-electron chi connectivity index (χ0n) is 12.8. The molecule has 0 aliphatic heterocycles. The fraction of sp³-hybridized carbons (Fsp3) is 0.250. The van der Waals surface area contributed by atoms with E-state index in [1.807, 2.05) is 36.4 Å². The van der Waals surface area contributed by atoms with Gasteiger partial charge in [-0.25, -0.2) is 8.42 Å². The molecule has 4 nitrogen and oxygen atoms in total. The third-order valence-corrected chi connectivity index (χ3v) is 3.57. The quantitative estimate of drug-likeness (QED) is 0.441. The van der Waals surface area contributed by atoms with Crippen LogP contribution in [-0.4, -0.2) is 13.0 Å². The van der Waals surface area contributed by atoms with Crippen LogP contribution in [0.4, 0.5) is 0 Å². The van der Waals surface area contributed by atoms with Crippen LogP contribution < -0.4 is 33.7 Å². The van der Waals surface area contributed by atoms with Gasteiger partial charge in [-0.3, -0.25) is 0 Å². The Morgan fingerprint density at radius 2 is 1.73 bits per heavy atom. The number of unbranched alkanes of at least 4 members (excludes halogenated alkanes) is 1. The molecule has 6 heteroatoms. The molecule has 2 aromatic rings. The normalized spacial score (nSPS) is 10.8. The van der Waals surface area contributed by atoms with Crippen molar-refractivity contribution in [3.63, 3.8) is 0 Å². The minimum Gasteiger partial charge on any atom is -0.716 e. The molecule has 0 aromatic heterocycles. The second-order valence-corrected chi connectivity index (χ2v) is 5.73. The van der Waals surface area contributed by atoms with Crippen molar-refractivity contribution in [2.24, 2.45) is 0 Å². The van der Waals surface area contributed by atoms with E-state index >= 15 is 0 Å². The molecule has 112 valence electrons. The van der Waals surface area contributed by atoms with Crippen LogP contribution in [0.1, 0.15) is 25.3 Å². The van der Waals surface area contributed by atoms with Crippen LogP contribution in [0.25, 0.3) is 11.1 Å². The first-order valence-electron chi connectivity index (χ1n) is 6.84. The number of benzene rings is 2. The molecular formula is C16H17NaO4S. The first-order chi connectivity index (χ1) is 10.0. The third kappa shape index (κ3) is 5.41. The first-order valence-corrected chi connectivity index (χ1v) is 8.17. The monoisotopic (exact) mass is 328 g/mol. The van der Waals surface area contributed by atoms with E-state index in [4.69, 9.17) is 0 Å². The van der Waals surface area contributed by atoms with Gasteiger partial charge in [-0.2, -0.15) is 0 Å². The van der Waals surface area contributed by atoms with Crippen molar-refractivity contribution in [2.45, 2.75) is 26.2 Å². The van der Waals surface area contributed by atoms with Gasteiger partial charge in [0.05, 0.1) is 0 Å². The van der Waals surface area contributed by atoms with Crippen molar-refractivity contribution in [1.29, 1.82) is 0 Å². The largest absolute Gasteiger partial charge is 1.00 e. The molecule has 0 fully saturated rings. The molecule has 0 aliphatic carbocycles. The third-order valence-electron chi connectivity index (χ3n) is 3.19. The Kier molecular flexibility index (Phi) is 7.59. The number of rotatable bonds is 6. The van der Waals surface area contributed by atoms with Crippen LogP contribution in [0.15, 0.2) is 48.5 Å². The standard InChI is InChI=1S/C16H18O4S.Na/c1-2-3-10-15-14(13-8-5-4-6-9-13)11-7-12-16(15)20-21(17,18)19;/h4-9,11-12H,2-3,10H2,1H3,(H,17,18,19);/q;+1/p-1. The average molecular weight is 328 g/mol. The van der Waals surface area contributed by atoms with Crippen LogP contribution >= 0.6 is 0 Å². The van der Waals surface area contributed by atoms with E-state index in [2.05, 4.69) is 11.1 Å². The maximum atomic E-state index is 10.9. The number of hydrogen-bond acceptors (Lipinski definition) is 4. The van der Waals surface area contributed by atoms with Gasteiger partial charge in [-0.05, 0) is 30.0 Å². The van der Waals surface area contributed by atoms with E-state index in [-0.39, 0.29) is 35.3 Å². The summed E-state index contributed by atoms with van der Waals surface area (Å²) in [6, 6.07) is 14.8. The average Bonchev–Trinajstić information content (AvgIpc) is 2.45. The Labute approximate surface area is 153 Å². The van der Waals surface area contributed by atoms with Crippen molar-refractivity contribution in [3.05, 3.63) is 54.1 Å². The summed E-state index contributed by atoms with van der Waals surface area (Å²) in [7, 11) is -4.77. The second kappa shape index (κ2) is 8.70. The topological polar surface area (TPSA) is 66.4 Å². The van der Waals surface area contributed by atoms with Crippen molar-refractivity contribution in [3.8, 4) is 16.9 Å². The minimum absolute atomic E-state index is 0. The first kappa shape index (κ1) is 19.2. The van der Waals surface area contributed by atoms with Crippen LogP contribution in [0.3, 0.4) is 0 Å². The zero-order chi connectivity index (χ0) is 15.3. The molecule has 0 heterocycles. The van der Waals surface area contributed by atoms with Gasteiger partial charge in [-0.1, -0.05) is 55.8 Å². The summed E-state index contributed by atoms with van der Waals surface area (Å²) in [5, 5.41) is 0. The molecule has 0 spiro atoms. The maximum absolute atomic E-state index is 10.9. The molecule has 0 unspecified atom stereocenters. The number of hydrogen-bond donors (Lipinski definition) is 0. The van der Waals surface area contributed by atoms with Crippen molar-refractivity contribution < 1.29 is 46.7 Å². The van der Waals surface area contributed by atoms with E-state index in [9.17, 15) is 13.0 Å². The summed E-state index contributed by atoms with van der Waals surface area (Å²) >= 11 is 0. The van der Waals surface area contributed by atoms with Gasteiger partial charge in [0, 0.05) is 5.56 Å². The van der Waals surface area contributed by atoms with E-state index in [1.165, 1.54) is 6.07 Å². The fourth-order valence-electron chi connectivity index (χ4n) is 2.25. The van der Waals surface area contributed by atoms with Crippen molar-refractivity contribution in [1.82, 2.24) is 0 Å². The predicted molar refractivity (Wildman–Crippen MR) is 80.8 cm³/mol. The van der Waals surface area contributed by atoms with Gasteiger partial charge >= 0.3 is 29.6 Å². The zero-order valence-corrected chi connectivity index (χ0v) is 15.6. The Hall–Kier alpha value is -0.850. The predicted octanol–water partition coefficient (Wildman–Crippen LogP) is 0.539. The van der Waals surface area contributed by atoms with Gasteiger partial charge in [0.15, 0.2) is 0 Å². The maximum Gasteiger partial charge on any atom is 1.00 e. The molecule has 0 atom stereocenters. The molecular weight excluding hydrogens is 311 g/mol. The van der Waals surface area contributed by atoms with E-state index in [1.54, 1.807) is 6.07 Å². The summed E-state index contributed by atoms with van der Waals surface area (Å²) in [6.45, 7) is 2.05. The van der Waals surface area contributed by atoms with Gasteiger partial charge < -0.3 is 8.74 Å². The smallest absolute Gasteiger partial charge is 0.716 e. The summed E-state index contributed by atoms with van der Waals surface area (Å²) < 4.78 is 37.3. The molecule has 0 bridgehead atoms. The van der Waals surface area contributed by atoms with Crippen LogP contribution in [-0.2, 0) is 16.8 Å². The summed E-state index contributed by atoms with van der Waals surface area (Å²) in [4.78, 5) is 0. The molecule has 0 saturated heterocycles. The molecule has 0 radical (unpaired) electrons. The molecule has 2 rings (SSSR count). The summed E-state index contributed by atoms with van der Waals surface area (Å²) in [5.41, 5.74) is 2.62. The van der Waals surface area contributed by atoms with E-state index in [0.717, 1.165) is 29.5 Å². The Morgan fingerprint density at radius 3 is 2.32 bits per heavy atom. The molecule has 0 aliphatic rings. The van der Waals surface area contributed by atoms with Crippen molar-refractivity contribution in [2.75, 3.05) is 0 Å². The van der Waals surface area contributed by atoms with Crippen LogP contribution in [0.5, 0.6) is 5.75 Å². The van der Waals surface area contributed by atoms with Gasteiger partial charge in [0.1, 0.15) is 5.75 Å². The van der Waals surface area contributed by atoms with E-state index < -0.39 is 10.4 Å². The van der Waals surface area contributed by atoms with Crippen LogP contribution in [0, 0.1) is 0 Å². The molecule has 2 aromatic carbocycles. The van der Waals surface area contributed by atoms with Gasteiger partial charge in [0.2, 0.25) is 0 Å². The molecule has 0 amide bonds. The summed E-state index contributed by atoms with van der Waals surface area (Å²) in [6.07, 6.45) is 2.51. The Balaban J connectivity index is 0.00000242. The minimum atomic E-state index is -4.77. The molecule has 0 N–H and O–H groups in total. The Bertz CT molecular complexity index is 699. The molecule has 0 saturated carbocycles. The van der Waals surface area contributed by atoms with Gasteiger partial charge in [-0.15, -0.1) is 0 Å². The molecule has 22 heavy (non-hydrogen) atoms. The fourth-order valence-corrected chi connectivity index (χ4v) is 2.63. The van der Waals surface area contributed by atoms with E-state index in [0.29, 0.717) is 6.42 Å². The SMILES string of the molecule is CCCCc1c(OS(=O)(=O)[O-])cccc1-c1ccccc1.[Na+]. The van der Waals surface area contributed by atoms with Crippen LogP contribution in [0.2, 0.25) is 0 Å².